The molecule has 0 aromatic heterocycles. The molecule has 1 nitrogen and oxygen atoms in total. The van der Waals surface area contributed by atoms with Gasteiger partial charge in [-0.25, -0.2) is 4.39 Å². The molecule has 2 N–H and O–H groups in total. The lowest BCUT2D eigenvalue weighted by molar-refractivity contribution is 0.606. The van der Waals surface area contributed by atoms with E-state index in [-0.39, 0.29) is 11.9 Å². The van der Waals surface area contributed by atoms with Crippen molar-refractivity contribution in [2.75, 3.05) is 0 Å². The van der Waals surface area contributed by atoms with Crippen LogP contribution in [0.3, 0.4) is 0 Å². The van der Waals surface area contributed by atoms with Gasteiger partial charge in [-0.2, -0.15) is 0 Å². The average molecular weight is 246 g/mol. The van der Waals surface area contributed by atoms with Gasteiger partial charge in [-0.1, -0.05) is 12.1 Å². The highest BCUT2D eigenvalue weighted by Crippen LogP contribution is 2.24. The summed E-state index contributed by atoms with van der Waals surface area (Å²) in [5, 5.41) is 0. The summed E-state index contributed by atoms with van der Waals surface area (Å²) in [6.07, 6.45) is 0.692. The molecule has 0 fully saturated rings. The van der Waals surface area contributed by atoms with Crippen molar-refractivity contribution in [3.63, 3.8) is 0 Å². The smallest absolute Gasteiger partial charge is 0.140 e. The zero-order valence-corrected chi connectivity index (χ0v) is 9.36. The van der Waals surface area contributed by atoms with Crippen molar-refractivity contribution < 1.29 is 4.39 Å². The Morgan fingerprint density at radius 1 is 1.54 bits per heavy atom. The number of benzene rings is 1. The van der Waals surface area contributed by atoms with E-state index in [1.54, 1.807) is 13.0 Å². The highest BCUT2D eigenvalue weighted by molar-refractivity contribution is 9.10. The molecule has 0 aliphatic carbocycles. The van der Waals surface area contributed by atoms with E-state index in [0.29, 0.717) is 16.5 Å². The van der Waals surface area contributed by atoms with Gasteiger partial charge >= 0.3 is 0 Å². The van der Waals surface area contributed by atoms with Gasteiger partial charge in [0.15, 0.2) is 0 Å². The summed E-state index contributed by atoms with van der Waals surface area (Å²) in [5.41, 5.74) is 7.22. The number of hydrogen-bond donors (Lipinski definition) is 1. The first kappa shape index (κ1) is 10.7. The van der Waals surface area contributed by atoms with Gasteiger partial charge in [-0.15, -0.1) is 0 Å². The first-order valence-corrected chi connectivity index (χ1v) is 5.00. The van der Waals surface area contributed by atoms with Gasteiger partial charge in [0.25, 0.3) is 0 Å². The zero-order chi connectivity index (χ0) is 10.0. The Bertz CT molecular complexity index is 310. The van der Waals surface area contributed by atoms with Crippen LogP contribution in [0.1, 0.15) is 18.1 Å². The molecule has 1 atom stereocenters. The molecule has 0 heterocycles. The zero-order valence-electron chi connectivity index (χ0n) is 7.77. The minimum absolute atomic E-state index is 0.0541. The molecule has 0 amide bonds. The van der Waals surface area contributed by atoms with Crippen LogP contribution in [0.4, 0.5) is 4.39 Å². The third-order valence-corrected chi connectivity index (χ3v) is 2.75. The summed E-state index contributed by atoms with van der Waals surface area (Å²) >= 11 is 3.23. The largest absolute Gasteiger partial charge is 0.328 e. The van der Waals surface area contributed by atoms with E-state index in [1.807, 2.05) is 13.0 Å². The Kier molecular flexibility index (Phi) is 3.45. The Morgan fingerprint density at radius 3 is 2.69 bits per heavy atom. The topological polar surface area (TPSA) is 26.0 Å². The summed E-state index contributed by atoms with van der Waals surface area (Å²) in [6.45, 7) is 3.65. The molecule has 72 valence electrons. The van der Waals surface area contributed by atoms with Gasteiger partial charge in [0.2, 0.25) is 0 Å². The number of rotatable bonds is 2. The lowest BCUT2D eigenvalue weighted by Crippen LogP contribution is -2.18. The number of nitrogens with two attached hydrogens (primary N) is 1. The van der Waals surface area contributed by atoms with Crippen LogP contribution in [0.15, 0.2) is 16.6 Å². The molecule has 0 saturated carbocycles. The number of halogens is 2. The van der Waals surface area contributed by atoms with Crippen LogP contribution in [0, 0.1) is 12.7 Å². The maximum atomic E-state index is 13.4. The van der Waals surface area contributed by atoms with Crippen LogP contribution < -0.4 is 5.73 Å². The third kappa shape index (κ3) is 2.51. The minimum atomic E-state index is -0.182. The van der Waals surface area contributed by atoms with E-state index in [2.05, 4.69) is 15.9 Å². The molecule has 1 unspecified atom stereocenters. The highest BCUT2D eigenvalue weighted by Gasteiger charge is 2.09. The summed E-state index contributed by atoms with van der Waals surface area (Å²) in [5.74, 6) is -0.182. The van der Waals surface area contributed by atoms with Gasteiger partial charge in [-0.3, -0.25) is 0 Å². The van der Waals surface area contributed by atoms with E-state index in [4.69, 9.17) is 5.73 Å². The van der Waals surface area contributed by atoms with Crippen LogP contribution >= 0.6 is 15.9 Å². The van der Waals surface area contributed by atoms with E-state index in [1.165, 1.54) is 0 Å². The first-order valence-electron chi connectivity index (χ1n) is 4.21. The summed E-state index contributed by atoms with van der Waals surface area (Å²) in [7, 11) is 0. The standard InChI is InChI=1S/C10H13BrFN/c1-6-3-4-8(5-7(2)13)9(11)10(6)12/h3-4,7H,5,13H2,1-2H3. The Morgan fingerprint density at radius 2 is 2.15 bits per heavy atom. The first-order chi connectivity index (χ1) is 6.02. The fraction of sp³-hybridized carbons (Fsp3) is 0.400. The van der Waals surface area contributed by atoms with Crippen LogP contribution in [0.25, 0.3) is 0 Å². The maximum absolute atomic E-state index is 13.4. The molecule has 3 heteroatoms. The summed E-state index contributed by atoms with van der Waals surface area (Å²) in [4.78, 5) is 0. The third-order valence-electron chi connectivity index (χ3n) is 1.90. The predicted molar refractivity (Wildman–Crippen MR) is 56.2 cm³/mol. The van der Waals surface area contributed by atoms with Gasteiger partial charge < -0.3 is 5.73 Å². The molecule has 0 radical (unpaired) electrons. The van der Waals surface area contributed by atoms with E-state index < -0.39 is 0 Å². The van der Waals surface area contributed by atoms with Crippen LogP contribution in [0.5, 0.6) is 0 Å². The van der Waals surface area contributed by atoms with Crippen molar-refractivity contribution >= 4 is 15.9 Å². The van der Waals surface area contributed by atoms with Crippen LogP contribution in [0.2, 0.25) is 0 Å². The Hall–Kier alpha value is -0.410. The number of hydrogen-bond acceptors (Lipinski definition) is 1. The normalized spacial score (nSPS) is 13.0. The SMILES string of the molecule is Cc1ccc(CC(C)N)c(Br)c1F. The molecule has 13 heavy (non-hydrogen) atoms. The van der Waals surface area contributed by atoms with Crippen molar-refractivity contribution in [1.82, 2.24) is 0 Å². The molecule has 0 saturated heterocycles. The minimum Gasteiger partial charge on any atom is -0.328 e. The average Bonchev–Trinajstić information content (AvgIpc) is 2.06. The lowest BCUT2D eigenvalue weighted by atomic mass is 10.1. The second kappa shape index (κ2) is 4.20. The molecule has 0 aliphatic heterocycles. The summed E-state index contributed by atoms with van der Waals surface area (Å²) < 4.78 is 13.9. The van der Waals surface area contributed by atoms with E-state index in [9.17, 15) is 4.39 Å². The quantitative estimate of drug-likeness (QED) is 0.853. The molecular formula is C10H13BrFN. The Labute approximate surface area is 86.3 Å². The predicted octanol–water partition coefficient (Wildman–Crippen LogP) is 2.79. The molecule has 1 rings (SSSR count). The van der Waals surface area contributed by atoms with Crippen molar-refractivity contribution in [3.8, 4) is 0 Å². The van der Waals surface area contributed by atoms with Crippen molar-refractivity contribution in [2.45, 2.75) is 26.3 Å². The van der Waals surface area contributed by atoms with Gasteiger partial charge in [-0.05, 0) is 47.3 Å². The maximum Gasteiger partial charge on any atom is 0.140 e. The van der Waals surface area contributed by atoms with Crippen molar-refractivity contribution in [1.29, 1.82) is 0 Å². The van der Waals surface area contributed by atoms with E-state index in [0.717, 1.165) is 5.56 Å². The Balaban J connectivity index is 3.04. The second-order valence-corrected chi connectivity index (χ2v) is 4.14. The van der Waals surface area contributed by atoms with Crippen molar-refractivity contribution in [2.24, 2.45) is 5.73 Å². The fourth-order valence-corrected chi connectivity index (χ4v) is 1.80. The monoisotopic (exact) mass is 245 g/mol. The molecule has 0 bridgehead atoms. The molecule has 1 aromatic carbocycles. The highest BCUT2D eigenvalue weighted by atomic mass is 79.9. The number of aryl methyl sites for hydroxylation is 1. The van der Waals surface area contributed by atoms with Gasteiger partial charge in [0.05, 0.1) is 4.47 Å². The summed E-state index contributed by atoms with van der Waals surface area (Å²) in [6, 6.07) is 3.74. The van der Waals surface area contributed by atoms with Crippen LogP contribution in [-0.4, -0.2) is 6.04 Å². The fourth-order valence-electron chi connectivity index (χ4n) is 1.19. The molecule has 0 aliphatic rings. The van der Waals surface area contributed by atoms with Crippen molar-refractivity contribution in [3.05, 3.63) is 33.5 Å². The lowest BCUT2D eigenvalue weighted by Gasteiger charge is -2.09. The van der Waals surface area contributed by atoms with Gasteiger partial charge in [0.1, 0.15) is 5.82 Å². The van der Waals surface area contributed by atoms with Gasteiger partial charge in [0, 0.05) is 6.04 Å². The van der Waals surface area contributed by atoms with E-state index >= 15 is 0 Å². The molecule has 1 aromatic rings. The van der Waals surface area contributed by atoms with Crippen LogP contribution in [-0.2, 0) is 6.42 Å². The molecular weight excluding hydrogens is 233 g/mol. The molecule has 0 spiro atoms. The second-order valence-electron chi connectivity index (χ2n) is 3.35.